The molecule has 1 heterocycles. The second-order valence-corrected chi connectivity index (χ2v) is 6.53. The van der Waals surface area contributed by atoms with Crippen LogP contribution in [0.25, 0.3) is 0 Å². The van der Waals surface area contributed by atoms with Crippen LogP contribution in [0.1, 0.15) is 55.8 Å². The van der Waals surface area contributed by atoms with Crippen molar-refractivity contribution in [3.63, 3.8) is 0 Å². The number of benzene rings is 1. The molecule has 1 aromatic carbocycles. The molecule has 0 bridgehead atoms. The van der Waals surface area contributed by atoms with E-state index in [1.54, 1.807) is 6.92 Å². The fourth-order valence-corrected chi connectivity index (χ4v) is 3.36. The summed E-state index contributed by atoms with van der Waals surface area (Å²) < 4.78 is 4.99. The number of hydrogen-bond donors (Lipinski definition) is 2. The highest BCUT2D eigenvalue weighted by atomic mass is 127. The number of guanidine groups is 1. The number of hydrogen-bond acceptors (Lipinski definition) is 4. The van der Waals surface area contributed by atoms with Crippen LogP contribution in [0.3, 0.4) is 0 Å². The third-order valence-corrected chi connectivity index (χ3v) is 4.63. The lowest BCUT2D eigenvalue weighted by molar-refractivity contribution is 0.371. The molecular weight excluding hydrogens is 441 g/mol. The highest BCUT2D eigenvalue weighted by molar-refractivity contribution is 14.0. The first-order valence-electron chi connectivity index (χ1n) is 9.13. The van der Waals surface area contributed by atoms with Crippen LogP contribution in [0.15, 0.2) is 39.8 Å². The first-order chi connectivity index (χ1) is 12.2. The highest BCUT2D eigenvalue weighted by Crippen LogP contribution is 2.32. The predicted octanol–water partition coefficient (Wildman–Crippen LogP) is 3.78. The van der Waals surface area contributed by atoms with Crippen molar-refractivity contribution in [1.82, 2.24) is 20.8 Å². The molecule has 1 aromatic heterocycles. The minimum Gasteiger partial charge on any atom is -0.357 e. The second kappa shape index (κ2) is 10.5. The number of halogens is 1. The highest BCUT2D eigenvalue weighted by Gasteiger charge is 2.22. The van der Waals surface area contributed by atoms with E-state index in [1.807, 2.05) is 0 Å². The second-order valence-electron chi connectivity index (χ2n) is 6.53. The van der Waals surface area contributed by atoms with Gasteiger partial charge in [-0.25, -0.2) is 4.99 Å². The van der Waals surface area contributed by atoms with Crippen molar-refractivity contribution < 1.29 is 4.52 Å². The topological polar surface area (TPSA) is 75.3 Å². The van der Waals surface area contributed by atoms with E-state index in [4.69, 9.17) is 4.52 Å². The number of aliphatic imine (C=N–C) groups is 1. The fourth-order valence-electron chi connectivity index (χ4n) is 3.36. The van der Waals surface area contributed by atoms with Crippen LogP contribution in [0.4, 0.5) is 0 Å². The van der Waals surface area contributed by atoms with Gasteiger partial charge in [0.15, 0.2) is 11.8 Å². The molecule has 0 saturated heterocycles. The average Bonchev–Trinajstić information content (AvgIpc) is 3.07. The lowest BCUT2D eigenvalue weighted by Crippen LogP contribution is -2.44. The van der Waals surface area contributed by atoms with E-state index < -0.39 is 0 Å². The van der Waals surface area contributed by atoms with Crippen LogP contribution in [0, 0.1) is 6.92 Å². The Morgan fingerprint density at radius 1 is 1.19 bits per heavy atom. The molecule has 1 saturated carbocycles. The number of nitrogens with one attached hydrogen (secondary N) is 2. The summed E-state index contributed by atoms with van der Waals surface area (Å²) >= 11 is 0. The van der Waals surface area contributed by atoms with Crippen molar-refractivity contribution >= 4 is 29.9 Å². The SMILES string of the molecule is CCNC(=NCc1noc(C)n1)NC1CCC(c2ccccc2)CC1.I. The molecule has 26 heavy (non-hydrogen) atoms. The van der Waals surface area contributed by atoms with Crippen LogP contribution in [0.2, 0.25) is 0 Å². The average molecular weight is 469 g/mol. The molecule has 0 spiro atoms. The molecule has 0 radical (unpaired) electrons. The third-order valence-electron chi connectivity index (χ3n) is 4.63. The molecule has 1 fully saturated rings. The first-order valence-corrected chi connectivity index (χ1v) is 9.13. The summed E-state index contributed by atoms with van der Waals surface area (Å²) in [5.41, 5.74) is 1.47. The Labute approximate surface area is 172 Å². The minimum atomic E-state index is 0. The molecule has 1 aliphatic carbocycles. The van der Waals surface area contributed by atoms with Crippen molar-refractivity contribution in [3.05, 3.63) is 47.6 Å². The monoisotopic (exact) mass is 469 g/mol. The zero-order valence-electron chi connectivity index (χ0n) is 15.4. The van der Waals surface area contributed by atoms with E-state index in [-0.39, 0.29) is 24.0 Å². The summed E-state index contributed by atoms with van der Waals surface area (Å²) in [6.07, 6.45) is 4.74. The van der Waals surface area contributed by atoms with Crippen LogP contribution >= 0.6 is 24.0 Å². The van der Waals surface area contributed by atoms with Gasteiger partial charge in [-0.05, 0) is 44.1 Å². The van der Waals surface area contributed by atoms with E-state index in [0.29, 0.717) is 30.2 Å². The number of aromatic nitrogens is 2. The van der Waals surface area contributed by atoms with Crippen molar-refractivity contribution in [2.45, 2.75) is 58.0 Å². The van der Waals surface area contributed by atoms with Gasteiger partial charge in [0.1, 0.15) is 6.54 Å². The standard InChI is InChI=1S/C19H27N5O.HI/c1-3-20-19(21-13-18-22-14(2)25-24-18)23-17-11-9-16(10-12-17)15-7-5-4-6-8-15;/h4-8,16-17H,3,9-13H2,1-2H3,(H2,20,21,23);1H. The zero-order valence-corrected chi connectivity index (χ0v) is 17.8. The largest absolute Gasteiger partial charge is 0.357 e. The number of aryl methyl sites for hydroxylation is 1. The summed E-state index contributed by atoms with van der Waals surface area (Å²) in [6.45, 7) is 5.11. The maximum atomic E-state index is 4.99. The van der Waals surface area contributed by atoms with E-state index in [9.17, 15) is 0 Å². The molecule has 0 aliphatic heterocycles. The maximum absolute atomic E-state index is 4.99. The smallest absolute Gasteiger partial charge is 0.223 e. The van der Waals surface area contributed by atoms with Gasteiger partial charge in [0.25, 0.3) is 0 Å². The van der Waals surface area contributed by atoms with Crippen molar-refractivity contribution in [3.8, 4) is 0 Å². The Balaban J connectivity index is 0.00000243. The maximum Gasteiger partial charge on any atom is 0.223 e. The Kier molecular flexibility index (Phi) is 8.34. The van der Waals surface area contributed by atoms with Gasteiger partial charge in [0, 0.05) is 19.5 Å². The Hall–Kier alpha value is -1.64. The molecule has 2 N–H and O–H groups in total. The normalized spacial score (nSPS) is 20.3. The van der Waals surface area contributed by atoms with Crippen LogP contribution in [-0.2, 0) is 6.54 Å². The van der Waals surface area contributed by atoms with Gasteiger partial charge in [-0.2, -0.15) is 4.98 Å². The quantitative estimate of drug-likeness (QED) is 0.396. The molecule has 6 nitrogen and oxygen atoms in total. The third kappa shape index (κ3) is 5.96. The summed E-state index contributed by atoms with van der Waals surface area (Å²) in [4.78, 5) is 8.77. The first kappa shape index (κ1) is 20.7. The molecule has 7 heteroatoms. The van der Waals surface area contributed by atoms with Gasteiger partial charge in [0.2, 0.25) is 5.89 Å². The molecular formula is C19H28IN5O. The van der Waals surface area contributed by atoms with Crippen molar-refractivity contribution in [2.75, 3.05) is 6.54 Å². The molecule has 3 rings (SSSR count). The zero-order chi connectivity index (χ0) is 17.5. The molecule has 142 valence electrons. The molecule has 0 unspecified atom stereocenters. The van der Waals surface area contributed by atoms with Gasteiger partial charge in [-0.1, -0.05) is 35.5 Å². The van der Waals surface area contributed by atoms with Gasteiger partial charge < -0.3 is 15.2 Å². The van der Waals surface area contributed by atoms with Crippen molar-refractivity contribution in [1.29, 1.82) is 0 Å². The van der Waals surface area contributed by atoms with E-state index in [1.165, 1.54) is 18.4 Å². The van der Waals surface area contributed by atoms with E-state index in [2.05, 4.69) is 63.0 Å². The van der Waals surface area contributed by atoms with Gasteiger partial charge >= 0.3 is 0 Å². The molecule has 0 amide bonds. The predicted molar refractivity (Wildman–Crippen MR) is 114 cm³/mol. The Bertz CT molecular complexity index is 680. The van der Waals surface area contributed by atoms with Crippen LogP contribution in [-0.4, -0.2) is 28.7 Å². The Morgan fingerprint density at radius 3 is 2.54 bits per heavy atom. The number of nitrogens with zero attached hydrogens (tertiary/aromatic N) is 3. The number of rotatable bonds is 5. The summed E-state index contributed by atoms with van der Waals surface area (Å²) in [5.74, 6) is 2.69. The van der Waals surface area contributed by atoms with Gasteiger partial charge in [0.05, 0.1) is 0 Å². The summed E-state index contributed by atoms with van der Waals surface area (Å²) in [7, 11) is 0. The molecule has 0 atom stereocenters. The van der Waals surface area contributed by atoms with Gasteiger partial charge in [-0.3, -0.25) is 0 Å². The fraction of sp³-hybridized carbons (Fsp3) is 0.526. The van der Waals surface area contributed by atoms with Crippen molar-refractivity contribution in [2.24, 2.45) is 4.99 Å². The van der Waals surface area contributed by atoms with Gasteiger partial charge in [-0.15, -0.1) is 24.0 Å². The summed E-state index contributed by atoms with van der Waals surface area (Å²) in [5, 5.41) is 10.8. The van der Waals surface area contributed by atoms with E-state index >= 15 is 0 Å². The molecule has 2 aromatic rings. The molecule has 1 aliphatic rings. The minimum absolute atomic E-state index is 0. The lowest BCUT2D eigenvalue weighted by atomic mass is 9.82. The van der Waals surface area contributed by atoms with Crippen LogP contribution in [0.5, 0.6) is 0 Å². The van der Waals surface area contributed by atoms with E-state index in [0.717, 1.165) is 25.3 Å². The Morgan fingerprint density at radius 2 is 1.92 bits per heavy atom. The summed E-state index contributed by atoms with van der Waals surface area (Å²) in [6, 6.07) is 11.3. The lowest BCUT2D eigenvalue weighted by Gasteiger charge is -2.30. The van der Waals surface area contributed by atoms with Crippen LogP contribution < -0.4 is 10.6 Å².